The van der Waals surface area contributed by atoms with E-state index in [1.54, 1.807) is 0 Å². The van der Waals surface area contributed by atoms with Gasteiger partial charge in [0, 0.05) is 12.6 Å². The molecule has 1 fully saturated rings. The van der Waals surface area contributed by atoms with Crippen molar-refractivity contribution in [2.45, 2.75) is 45.7 Å². The number of benzene rings is 1. The van der Waals surface area contributed by atoms with Gasteiger partial charge in [0.05, 0.1) is 0 Å². The molecule has 0 spiro atoms. The van der Waals surface area contributed by atoms with Crippen LogP contribution in [0.3, 0.4) is 0 Å². The molecule has 1 aliphatic heterocycles. The molecule has 1 heterocycles. The van der Waals surface area contributed by atoms with Crippen molar-refractivity contribution in [3.63, 3.8) is 0 Å². The Bertz CT molecular complexity index is 302. The van der Waals surface area contributed by atoms with Crippen LogP contribution in [0.4, 0.5) is 0 Å². The van der Waals surface area contributed by atoms with Gasteiger partial charge in [0.1, 0.15) is 0 Å². The van der Waals surface area contributed by atoms with Crippen LogP contribution in [0.5, 0.6) is 0 Å². The van der Waals surface area contributed by atoms with Gasteiger partial charge < -0.3 is 0 Å². The molecule has 2 rings (SSSR count). The summed E-state index contributed by atoms with van der Waals surface area (Å²) in [5, 5.41) is 0. The number of likely N-dealkylation sites (tertiary alicyclic amines) is 1. The minimum atomic E-state index is 0.764. The first-order chi connectivity index (χ1) is 7.25. The predicted octanol–water partition coefficient (Wildman–Crippen LogP) is 3.37. The summed E-state index contributed by atoms with van der Waals surface area (Å²) in [6, 6.07) is 9.71. The summed E-state index contributed by atoms with van der Waals surface area (Å²) in [5.41, 5.74) is 2.81. The SMILES string of the molecule is Cc1ccc(CN2CCCCC2C)cc1. The number of rotatable bonds is 2. The largest absolute Gasteiger partial charge is 0.296 e. The van der Waals surface area contributed by atoms with Crippen molar-refractivity contribution in [3.8, 4) is 0 Å². The van der Waals surface area contributed by atoms with E-state index in [1.807, 2.05) is 0 Å². The van der Waals surface area contributed by atoms with Crippen LogP contribution in [0.25, 0.3) is 0 Å². The molecular formula is C14H21N. The molecule has 0 radical (unpaired) electrons. The third kappa shape index (κ3) is 2.82. The molecule has 1 heteroatoms. The van der Waals surface area contributed by atoms with Gasteiger partial charge in [-0.3, -0.25) is 4.90 Å². The van der Waals surface area contributed by atoms with Gasteiger partial charge in [0.2, 0.25) is 0 Å². The van der Waals surface area contributed by atoms with Crippen LogP contribution in [-0.4, -0.2) is 17.5 Å². The Morgan fingerprint density at radius 3 is 2.60 bits per heavy atom. The van der Waals surface area contributed by atoms with Crippen molar-refractivity contribution in [2.24, 2.45) is 0 Å². The summed E-state index contributed by atoms with van der Waals surface area (Å²) in [7, 11) is 0. The molecule has 0 aromatic heterocycles. The fourth-order valence-electron chi connectivity index (χ4n) is 2.32. The topological polar surface area (TPSA) is 3.24 Å². The molecule has 15 heavy (non-hydrogen) atoms. The molecule has 1 atom stereocenters. The molecule has 0 saturated carbocycles. The monoisotopic (exact) mass is 203 g/mol. The van der Waals surface area contributed by atoms with E-state index in [4.69, 9.17) is 0 Å². The van der Waals surface area contributed by atoms with Crippen LogP contribution in [0.2, 0.25) is 0 Å². The number of hydrogen-bond acceptors (Lipinski definition) is 1. The molecular weight excluding hydrogens is 182 g/mol. The van der Waals surface area contributed by atoms with E-state index >= 15 is 0 Å². The van der Waals surface area contributed by atoms with E-state index in [0.29, 0.717) is 0 Å². The minimum Gasteiger partial charge on any atom is -0.296 e. The maximum atomic E-state index is 2.61. The van der Waals surface area contributed by atoms with Crippen molar-refractivity contribution < 1.29 is 0 Å². The fourth-order valence-corrected chi connectivity index (χ4v) is 2.32. The van der Waals surface area contributed by atoms with E-state index in [-0.39, 0.29) is 0 Å². The summed E-state index contributed by atoms with van der Waals surface area (Å²) in [6.45, 7) is 6.90. The maximum Gasteiger partial charge on any atom is 0.0236 e. The summed E-state index contributed by atoms with van der Waals surface area (Å²) >= 11 is 0. The summed E-state index contributed by atoms with van der Waals surface area (Å²) in [4.78, 5) is 2.61. The fraction of sp³-hybridized carbons (Fsp3) is 0.571. The Labute approximate surface area is 93.1 Å². The average Bonchev–Trinajstić information content (AvgIpc) is 2.25. The van der Waals surface area contributed by atoms with Crippen molar-refractivity contribution in [1.29, 1.82) is 0 Å². The number of aryl methyl sites for hydroxylation is 1. The molecule has 1 aliphatic rings. The Balaban J connectivity index is 1.98. The van der Waals surface area contributed by atoms with Crippen LogP contribution in [0, 0.1) is 6.92 Å². The van der Waals surface area contributed by atoms with Gasteiger partial charge in [0.15, 0.2) is 0 Å². The van der Waals surface area contributed by atoms with Gasteiger partial charge in [-0.2, -0.15) is 0 Å². The minimum absolute atomic E-state index is 0.764. The highest BCUT2D eigenvalue weighted by atomic mass is 15.2. The summed E-state index contributed by atoms with van der Waals surface area (Å²) in [6.07, 6.45) is 4.15. The van der Waals surface area contributed by atoms with Crippen LogP contribution in [0.1, 0.15) is 37.3 Å². The van der Waals surface area contributed by atoms with Crippen LogP contribution in [0.15, 0.2) is 24.3 Å². The highest BCUT2D eigenvalue weighted by Gasteiger charge is 2.17. The van der Waals surface area contributed by atoms with Gasteiger partial charge in [-0.1, -0.05) is 36.2 Å². The molecule has 82 valence electrons. The van der Waals surface area contributed by atoms with Crippen molar-refractivity contribution in [3.05, 3.63) is 35.4 Å². The lowest BCUT2D eigenvalue weighted by Crippen LogP contribution is -2.36. The number of nitrogens with zero attached hydrogens (tertiary/aromatic N) is 1. The normalized spacial score (nSPS) is 22.9. The van der Waals surface area contributed by atoms with Gasteiger partial charge in [-0.25, -0.2) is 0 Å². The predicted molar refractivity (Wildman–Crippen MR) is 64.9 cm³/mol. The van der Waals surface area contributed by atoms with Crippen LogP contribution < -0.4 is 0 Å². The van der Waals surface area contributed by atoms with E-state index in [1.165, 1.54) is 36.9 Å². The smallest absolute Gasteiger partial charge is 0.0236 e. The van der Waals surface area contributed by atoms with E-state index in [9.17, 15) is 0 Å². The van der Waals surface area contributed by atoms with E-state index in [2.05, 4.69) is 43.0 Å². The Morgan fingerprint density at radius 2 is 1.93 bits per heavy atom. The number of piperidine rings is 1. The highest BCUT2D eigenvalue weighted by molar-refractivity contribution is 5.21. The summed E-state index contributed by atoms with van der Waals surface area (Å²) in [5.74, 6) is 0. The third-order valence-electron chi connectivity index (χ3n) is 3.45. The van der Waals surface area contributed by atoms with E-state index < -0.39 is 0 Å². The Morgan fingerprint density at radius 1 is 1.20 bits per heavy atom. The Hall–Kier alpha value is -0.820. The van der Waals surface area contributed by atoms with Crippen molar-refractivity contribution >= 4 is 0 Å². The standard InChI is InChI=1S/C14H21N/c1-12-6-8-14(9-7-12)11-15-10-4-3-5-13(15)2/h6-9,13H,3-5,10-11H2,1-2H3. The van der Waals surface area contributed by atoms with E-state index in [0.717, 1.165) is 12.6 Å². The lowest BCUT2D eigenvalue weighted by atomic mass is 10.0. The second-order valence-corrected chi connectivity index (χ2v) is 4.80. The third-order valence-corrected chi connectivity index (χ3v) is 3.45. The van der Waals surface area contributed by atoms with Gasteiger partial charge in [-0.15, -0.1) is 0 Å². The quantitative estimate of drug-likeness (QED) is 0.712. The molecule has 1 aromatic rings. The molecule has 0 N–H and O–H groups in total. The lowest BCUT2D eigenvalue weighted by molar-refractivity contribution is 0.152. The van der Waals surface area contributed by atoms with Crippen LogP contribution in [-0.2, 0) is 6.54 Å². The zero-order valence-electron chi connectivity index (χ0n) is 9.87. The first-order valence-electron chi connectivity index (χ1n) is 6.05. The average molecular weight is 203 g/mol. The van der Waals surface area contributed by atoms with Gasteiger partial charge in [-0.05, 0) is 38.8 Å². The zero-order valence-corrected chi connectivity index (χ0v) is 9.87. The second kappa shape index (κ2) is 4.80. The van der Waals surface area contributed by atoms with Gasteiger partial charge in [0.25, 0.3) is 0 Å². The second-order valence-electron chi connectivity index (χ2n) is 4.80. The highest BCUT2D eigenvalue weighted by Crippen LogP contribution is 2.19. The van der Waals surface area contributed by atoms with Crippen LogP contribution >= 0.6 is 0 Å². The van der Waals surface area contributed by atoms with Crippen molar-refractivity contribution in [2.75, 3.05) is 6.54 Å². The molecule has 0 bridgehead atoms. The lowest BCUT2D eigenvalue weighted by Gasteiger charge is -2.33. The van der Waals surface area contributed by atoms with Gasteiger partial charge >= 0.3 is 0 Å². The Kier molecular flexibility index (Phi) is 3.42. The molecule has 1 saturated heterocycles. The first-order valence-corrected chi connectivity index (χ1v) is 6.05. The molecule has 1 unspecified atom stereocenters. The summed E-state index contributed by atoms with van der Waals surface area (Å²) < 4.78 is 0. The number of hydrogen-bond donors (Lipinski definition) is 0. The van der Waals surface area contributed by atoms with Crippen molar-refractivity contribution in [1.82, 2.24) is 4.90 Å². The zero-order chi connectivity index (χ0) is 10.7. The molecule has 0 amide bonds. The maximum absolute atomic E-state index is 2.61. The molecule has 0 aliphatic carbocycles. The molecule has 1 aromatic carbocycles. The first kappa shape index (κ1) is 10.7. The molecule has 1 nitrogen and oxygen atoms in total.